The van der Waals surface area contributed by atoms with Gasteiger partial charge in [-0.3, -0.25) is 5.32 Å². The number of ether oxygens (including phenoxy) is 2. The standard InChI is InChI=1S/C17H25NO3/c1-11-8-12(2)15(13(3)9-11)16(17(19)20-4)18-10-14-6-5-7-21-14/h8-9,14,16,18H,5-7,10H2,1-4H3. The number of rotatable bonds is 5. The van der Waals surface area contributed by atoms with Crippen molar-refractivity contribution in [3.63, 3.8) is 0 Å². The lowest BCUT2D eigenvalue weighted by Gasteiger charge is -2.23. The Hall–Kier alpha value is -1.39. The summed E-state index contributed by atoms with van der Waals surface area (Å²) in [4.78, 5) is 12.2. The lowest BCUT2D eigenvalue weighted by Crippen LogP contribution is -2.36. The van der Waals surface area contributed by atoms with Crippen LogP contribution < -0.4 is 5.32 Å². The molecule has 1 saturated heterocycles. The van der Waals surface area contributed by atoms with Gasteiger partial charge < -0.3 is 9.47 Å². The normalized spacial score (nSPS) is 19.5. The first-order valence-corrected chi connectivity index (χ1v) is 7.53. The number of carbonyl (C=O) groups excluding carboxylic acids is 1. The first-order chi connectivity index (χ1) is 10.0. The highest BCUT2D eigenvalue weighted by Crippen LogP contribution is 2.25. The Balaban J connectivity index is 2.21. The summed E-state index contributed by atoms with van der Waals surface area (Å²) in [7, 11) is 1.43. The molecule has 2 rings (SSSR count). The van der Waals surface area contributed by atoms with Gasteiger partial charge in [0.15, 0.2) is 0 Å². The second-order valence-electron chi connectivity index (χ2n) is 5.81. The molecule has 1 fully saturated rings. The molecule has 4 heteroatoms. The number of methoxy groups -OCH3 is 1. The quantitative estimate of drug-likeness (QED) is 0.847. The summed E-state index contributed by atoms with van der Waals surface area (Å²) in [5, 5.41) is 3.33. The Labute approximate surface area is 126 Å². The second-order valence-corrected chi connectivity index (χ2v) is 5.81. The van der Waals surface area contributed by atoms with Crippen molar-refractivity contribution in [2.24, 2.45) is 0 Å². The van der Waals surface area contributed by atoms with Gasteiger partial charge in [0.2, 0.25) is 0 Å². The summed E-state index contributed by atoms with van der Waals surface area (Å²) in [6.45, 7) is 7.64. The fraction of sp³-hybridized carbons (Fsp3) is 0.588. The lowest BCUT2D eigenvalue weighted by atomic mass is 9.94. The molecule has 0 aliphatic carbocycles. The monoisotopic (exact) mass is 291 g/mol. The van der Waals surface area contributed by atoms with E-state index in [0.29, 0.717) is 6.54 Å². The van der Waals surface area contributed by atoms with Crippen LogP contribution in [0.2, 0.25) is 0 Å². The van der Waals surface area contributed by atoms with Gasteiger partial charge in [0, 0.05) is 13.2 Å². The number of hydrogen-bond acceptors (Lipinski definition) is 4. The summed E-state index contributed by atoms with van der Waals surface area (Å²) in [5.41, 5.74) is 4.45. The molecule has 116 valence electrons. The van der Waals surface area contributed by atoms with Crippen LogP contribution in [0.25, 0.3) is 0 Å². The van der Waals surface area contributed by atoms with Crippen molar-refractivity contribution < 1.29 is 14.3 Å². The van der Waals surface area contributed by atoms with E-state index in [0.717, 1.165) is 36.1 Å². The average Bonchev–Trinajstić information content (AvgIpc) is 2.93. The van der Waals surface area contributed by atoms with E-state index in [9.17, 15) is 4.79 Å². The molecule has 1 aromatic rings. The van der Waals surface area contributed by atoms with Crippen molar-refractivity contribution >= 4 is 5.97 Å². The van der Waals surface area contributed by atoms with Gasteiger partial charge in [-0.15, -0.1) is 0 Å². The predicted octanol–water partition coefficient (Wildman–Crippen LogP) is 2.59. The lowest BCUT2D eigenvalue weighted by molar-refractivity contribution is -0.143. The first kappa shape index (κ1) is 16.0. The molecule has 0 bridgehead atoms. The van der Waals surface area contributed by atoms with Gasteiger partial charge in [-0.25, -0.2) is 4.79 Å². The van der Waals surface area contributed by atoms with Crippen LogP contribution in [-0.4, -0.2) is 32.3 Å². The fourth-order valence-corrected chi connectivity index (χ4v) is 3.12. The van der Waals surface area contributed by atoms with Gasteiger partial charge >= 0.3 is 5.97 Å². The molecule has 1 N–H and O–H groups in total. The van der Waals surface area contributed by atoms with Crippen molar-refractivity contribution in [3.8, 4) is 0 Å². The van der Waals surface area contributed by atoms with Gasteiger partial charge in [0.25, 0.3) is 0 Å². The highest BCUT2D eigenvalue weighted by Gasteiger charge is 2.26. The van der Waals surface area contributed by atoms with Gasteiger partial charge in [0.1, 0.15) is 6.04 Å². The van der Waals surface area contributed by atoms with Crippen LogP contribution in [0.15, 0.2) is 12.1 Å². The number of carbonyl (C=O) groups is 1. The molecule has 21 heavy (non-hydrogen) atoms. The van der Waals surface area contributed by atoms with Crippen LogP contribution >= 0.6 is 0 Å². The molecule has 0 spiro atoms. The van der Waals surface area contributed by atoms with E-state index in [1.54, 1.807) is 0 Å². The minimum Gasteiger partial charge on any atom is -0.468 e. The van der Waals surface area contributed by atoms with Crippen LogP contribution in [0.5, 0.6) is 0 Å². The maximum atomic E-state index is 12.2. The zero-order valence-corrected chi connectivity index (χ0v) is 13.4. The molecule has 1 aliphatic heterocycles. The Morgan fingerprint density at radius 1 is 1.38 bits per heavy atom. The molecule has 0 aromatic heterocycles. The van der Waals surface area contributed by atoms with Crippen LogP contribution in [0, 0.1) is 20.8 Å². The number of benzene rings is 1. The predicted molar refractivity (Wildman–Crippen MR) is 82.4 cm³/mol. The third-order valence-electron chi connectivity index (χ3n) is 4.04. The smallest absolute Gasteiger partial charge is 0.327 e. The van der Waals surface area contributed by atoms with Crippen LogP contribution in [0.3, 0.4) is 0 Å². The van der Waals surface area contributed by atoms with Crippen LogP contribution in [0.4, 0.5) is 0 Å². The average molecular weight is 291 g/mol. The van der Waals surface area contributed by atoms with E-state index in [1.807, 2.05) is 13.8 Å². The third kappa shape index (κ3) is 3.83. The molecule has 4 nitrogen and oxygen atoms in total. The van der Waals surface area contributed by atoms with E-state index in [-0.39, 0.29) is 12.1 Å². The maximum Gasteiger partial charge on any atom is 0.327 e. The Bertz CT molecular complexity index is 484. The van der Waals surface area contributed by atoms with Crippen LogP contribution in [-0.2, 0) is 14.3 Å². The minimum absolute atomic E-state index is 0.197. The van der Waals surface area contributed by atoms with Crippen molar-refractivity contribution in [2.45, 2.75) is 45.8 Å². The fourth-order valence-electron chi connectivity index (χ4n) is 3.12. The second kappa shape index (κ2) is 7.05. The SMILES string of the molecule is COC(=O)C(NCC1CCCO1)c1c(C)cc(C)cc1C. The number of nitrogens with one attached hydrogen (secondary N) is 1. The molecular formula is C17H25NO3. The van der Waals surface area contributed by atoms with Crippen molar-refractivity contribution in [2.75, 3.05) is 20.3 Å². The zero-order chi connectivity index (χ0) is 15.4. The number of hydrogen-bond donors (Lipinski definition) is 1. The van der Waals surface area contributed by atoms with Crippen LogP contribution in [0.1, 0.15) is 41.1 Å². The molecule has 1 aromatic carbocycles. The Morgan fingerprint density at radius 2 is 2.05 bits per heavy atom. The van der Waals surface area contributed by atoms with E-state index in [4.69, 9.17) is 9.47 Å². The topological polar surface area (TPSA) is 47.6 Å². The highest BCUT2D eigenvalue weighted by molar-refractivity contribution is 5.78. The van der Waals surface area contributed by atoms with Gasteiger partial charge in [-0.05, 0) is 50.3 Å². The van der Waals surface area contributed by atoms with Crippen molar-refractivity contribution in [3.05, 3.63) is 34.4 Å². The highest BCUT2D eigenvalue weighted by atomic mass is 16.5. The Morgan fingerprint density at radius 3 is 2.57 bits per heavy atom. The zero-order valence-electron chi connectivity index (χ0n) is 13.4. The molecule has 1 heterocycles. The summed E-state index contributed by atoms with van der Waals surface area (Å²) in [6.07, 6.45) is 2.34. The maximum absolute atomic E-state index is 12.2. The van der Waals surface area contributed by atoms with Gasteiger partial charge in [-0.2, -0.15) is 0 Å². The van der Waals surface area contributed by atoms with E-state index < -0.39 is 6.04 Å². The molecule has 0 saturated carbocycles. The largest absolute Gasteiger partial charge is 0.468 e. The summed E-state index contributed by atoms with van der Waals surface area (Å²) in [5.74, 6) is -0.247. The Kier molecular flexibility index (Phi) is 5.37. The van der Waals surface area contributed by atoms with E-state index in [1.165, 1.54) is 12.7 Å². The minimum atomic E-state index is -0.431. The number of aryl methyl sites for hydroxylation is 3. The molecule has 1 aliphatic rings. The molecule has 0 radical (unpaired) electrons. The van der Waals surface area contributed by atoms with E-state index >= 15 is 0 Å². The van der Waals surface area contributed by atoms with Crippen molar-refractivity contribution in [1.82, 2.24) is 5.32 Å². The van der Waals surface area contributed by atoms with Gasteiger partial charge in [0.05, 0.1) is 13.2 Å². The molecule has 0 amide bonds. The van der Waals surface area contributed by atoms with E-state index in [2.05, 4.69) is 24.4 Å². The molecule has 2 unspecified atom stereocenters. The summed E-state index contributed by atoms with van der Waals surface area (Å²) in [6, 6.07) is 3.78. The van der Waals surface area contributed by atoms with Gasteiger partial charge in [-0.1, -0.05) is 17.7 Å². The summed E-state index contributed by atoms with van der Waals surface area (Å²) >= 11 is 0. The first-order valence-electron chi connectivity index (χ1n) is 7.53. The molecule has 2 atom stereocenters. The molecular weight excluding hydrogens is 266 g/mol. The summed E-state index contributed by atoms with van der Waals surface area (Å²) < 4.78 is 10.6. The third-order valence-corrected chi connectivity index (χ3v) is 4.04. The van der Waals surface area contributed by atoms with Crippen molar-refractivity contribution in [1.29, 1.82) is 0 Å². The number of esters is 1.